The number of fused-ring (bicyclic) bond motifs is 1. The summed E-state index contributed by atoms with van der Waals surface area (Å²) in [5, 5.41) is 21.2. The number of hydrogen-bond acceptors (Lipinski definition) is 12. The third kappa shape index (κ3) is 13.7. The molecular formula is C53H56FN11O8S. The van der Waals surface area contributed by atoms with Crippen molar-refractivity contribution in [2.24, 2.45) is 11.7 Å². The van der Waals surface area contributed by atoms with Crippen LogP contribution in [0, 0.1) is 11.7 Å². The molecule has 384 valence electrons. The van der Waals surface area contributed by atoms with Gasteiger partial charge in [0.1, 0.15) is 17.7 Å². The molecule has 0 radical (unpaired) electrons. The second-order valence-electron chi connectivity index (χ2n) is 18.0. The average molecular weight is 1030 g/mol. The van der Waals surface area contributed by atoms with Gasteiger partial charge in [-0.25, -0.2) is 9.78 Å². The summed E-state index contributed by atoms with van der Waals surface area (Å²) in [5.74, 6) is -3.78. The summed E-state index contributed by atoms with van der Waals surface area (Å²) in [5.41, 5.74) is 10.00. The molecule has 1 fully saturated rings. The third-order valence-electron chi connectivity index (χ3n) is 11.9. The maximum Gasteiger partial charge on any atom is 0.410 e. The molecule has 7 amide bonds. The van der Waals surface area contributed by atoms with E-state index in [-0.39, 0.29) is 64.0 Å². The Bertz CT molecular complexity index is 3070. The summed E-state index contributed by atoms with van der Waals surface area (Å²) < 4.78 is 23.7. The molecule has 19 nitrogen and oxygen atoms in total. The summed E-state index contributed by atoms with van der Waals surface area (Å²) >= 11 is 1.30. The highest BCUT2D eigenvalue weighted by molar-refractivity contribution is 7.99. The largest absolute Gasteiger partial charge is 0.445 e. The van der Waals surface area contributed by atoms with E-state index < -0.39 is 41.6 Å². The number of piperidine rings is 1. The molecule has 1 aliphatic heterocycles. The number of nitrogens with two attached hydrogens (primary N) is 1. The quantitative estimate of drug-likeness (QED) is 0.0305. The predicted octanol–water partition coefficient (Wildman–Crippen LogP) is 7.61. The summed E-state index contributed by atoms with van der Waals surface area (Å²) in [6.07, 6.45) is 3.43. The number of nitrogens with zero attached hydrogens (tertiary/aromatic N) is 4. The van der Waals surface area contributed by atoms with Crippen molar-refractivity contribution in [3.8, 4) is 0 Å². The first kappa shape index (κ1) is 53.2. The van der Waals surface area contributed by atoms with Crippen LogP contribution in [0.3, 0.4) is 0 Å². The number of aromatic nitrogens is 3. The Balaban J connectivity index is 0.887. The second-order valence-corrected chi connectivity index (χ2v) is 19.2. The third-order valence-corrected chi connectivity index (χ3v) is 13.2. The second kappa shape index (κ2) is 24.2. The van der Waals surface area contributed by atoms with E-state index in [9.17, 15) is 33.6 Å². The molecule has 4 aromatic carbocycles. The number of anilines is 5. The van der Waals surface area contributed by atoms with Crippen molar-refractivity contribution < 1.29 is 42.7 Å². The monoisotopic (exact) mass is 1030 g/mol. The molecule has 1 unspecified atom stereocenters. The van der Waals surface area contributed by atoms with Crippen LogP contribution in [-0.2, 0) is 25.7 Å². The zero-order valence-electron chi connectivity index (χ0n) is 41.1. The van der Waals surface area contributed by atoms with Gasteiger partial charge < -0.3 is 47.3 Å². The summed E-state index contributed by atoms with van der Waals surface area (Å²) in [4.78, 5) is 94.2. The first-order valence-electron chi connectivity index (χ1n) is 23.7. The van der Waals surface area contributed by atoms with Crippen LogP contribution in [0.2, 0.25) is 0 Å². The van der Waals surface area contributed by atoms with Crippen LogP contribution < -0.4 is 37.6 Å². The lowest BCUT2D eigenvalue weighted by Gasteiger charge is -2.31. The van der Waals surface area contributed by atoms with Gasteiger partial charge in [0.15, 0.2) is 17.3 Å². The van der Waals surface area contributed by atoms with E-state index in [2.05, 4.69) is 43.6 Å². The fraction of sp³-hybridized carbons (Fsp3) is 0.264. The number of halogens is 1. The number of carbonyl (C=O) groups is 7. The van der Waals surface area contributed by atoms with Crippen LogP contribution in [0.15, 0.2) is 121 Å². The summed E-state index contributed by atoms with van der Waals surface area (Å²) in [7, 11) is 0. The molecule has 2 aromatic heterocycles. The average Bonchev–Trinajstić information content (AvgIpc) is 3.82. The number of nitrogens with one attached hydrogen (secondary N) is 6. The van der Waals surface area contributed by atoms with E-state index >= 15 is 4.39 Å². The highest BCUT2D eigenvalue weighted by Gasteiger charge is 2.29. The molecule has 8 N–H and O–H groups in total. The molecule has 6 aromatic rings. The number of benzene rings is 4. The lowest BCUT2D eigenvalue weighted by atomic mass is 10.0. The highest BCUT2D eigenvalue weighted by atomic mass is 32.2. The SMILES string of the molecule is C=CC(=O)Nc1ccc(C(=O)Nc2cccc(Nc3c(F)c(SC4CCN(C(=O)OCc5ccc(NC(=O)CNC(=O)C(NC(=O)c6ccc(C(N)=O)cc6)C(C)C)cc5)CC4)nc4c(C(C)C)cnn34)c2)cc1. The Morgan fingerprint density at radius 1 is 0.811 bits per heavy atom. The van der Waals surface area contributed by atoms with E-state index in [0.717, 1.165) is 11.6 Å². The number of ether oxygens (including phenoxy) is 1. The first-order valence-corrected chi connectivity index (χ1v) is 24.6. The minimum atomic E-state index is -0.943. The van der Waals surface area contributed by atoms with Crippen LogP contribution in [0.25, 0.3) is 5.65 Å². The fourth-order valence-corrected chi connectivity index (χ4v) is 8.84. The predicted molar refractivity (Wildman–Crippen MR) is 280 cm³/mol. The molecule has 1 saturated heterocycles. The van der Waals surface area contributed by atoms with Gasteiger partial charge in [0.05, 0.1) is 12.7 Å². The van der Waals surface area contributed by atoms with Gasteiger partial charge in [-0.1, -0.05) is 64.2 Å². The molecule has 21 heteroatoms. The van der Waals surface area contributed by atoms with Gasteiger partial charge in [0.25, 0.3) is 11.8 Å². The van der Waals surface area contributed by atoms with Gasteiger partial charge >= 0.3 is 6.09 Å². The summed E-state index contributed by atoms with van der Waals surface area (Å²) in [6, 6.07) is 24.6. The van der Waals surface area contributed by atoms with Crippen molar-refractivity contribution in [3.05, 3.63) is 150 Å². The van der Waals surface area contributed by atoms with E-state index in [1.807, 2.05) is 13.8 Å². The normalized spacial score (nSPS) is 12.9. The number of amides is 7. The number of rotatable bonds is 19. The van der Waals surface area contributed by atoms with E-state index in [0.29, 0.717) is 65.5 Å². The minimum absolute atomic E-state index is 0.0222. The topological polar surface area (TPSA) is 260 Å². The van der Waals surface area contributed by atoms with Crippen LogP contribution >= 0.6 is 11.8 Å². The Kier molecular flexibility index (Phi) is 17.4. The number of primary amides is 1. The molecule has 7 rings (SSSR count). The molecule has 0 spiro atoms. The summed E-state index contributed by atoms with van der Waals surface area (Å²) in [6.45, 7) is 11.3. The van der Waals surface area contributed by atoms with Crippen molar-refractivity contribution in [2.45, 2.75) is 69.4 Å². The van der Waals surface area contributed by atoms with Crippen molar-refractivity contribution in [1.82, 2.24) is 30.1 Å². The molecule has 1 aliphatic rings. The highest BCUT2D eigenvalue weighted by Crippen LogP contribution is 2.36. The number of carbonyl (C=O) groups excluding carboxylic acids is 7. The van der Waals surface area contributed by atoms with Crippen molar-refractivity contribution in [1.29, 1.82) is 0 Å². The molecule has 1 atom stereocenters. The Labute approximate surface area is 430 Å². The van der Waals surface area contributed by atoms with Gasteiger partial charge in [-0.2, -0.15) is 14.0 Å². The smallest absolute Gasteiger partial charge is 0.410 e. The number of likely N-dealkylation sites (tertiary alicyclic amines) is 1. The molecule has 0 bridgehead atoms. The van der Waals surface area contributed by atoms with Gasteiger partial charge in [-0.3, -0.25) is 28.8 Å². The first-order chi connectivity index (χ1) is 35.5. The van der Waals surface area contributed by atoms with Crippen molar-refractivity contribution in [2.75, 3.05) is 40.9 Å². The minimum Gasteiger partial charge on any atom is -0.445 e. The standard InChI is InChI=1S/C53H56FN11O8S/c1-6-42(66)58-37-20-16-35(17-21-37)49(69)61-39-9-7-8-38(26-39)60-48-44(54)52(63-47-41(30(2)3)27-57-65(47)48)74-40-22-24-64(25-23-40)53(72)73-29-32-10-18-36(19-11-32)59-43(67)28-56-51(71)45(31(4)5)62-50(70)34-14-12-33(13-15-34)46(55)68/h6-21,26-27,30-31,40,45,60H,1,22-25,28-29H2,2-5H3,(H2,55,68)(H,56,71)(H,58,66)(H,59,67)(H,61,69)(H,62,70). The van der Waals surface area contributed by atoms with Crippen LogP contribution in [0.1, 0.15) is 88.7 Å². The van der Waals surface area contributed by atoms with E-state index in [4.69, 9.17) is 15.5 Å². The van der Waals surface area contributed by atoms with Crippen LogP contribution in [0.5, 0.6) is 0 Å². The Hall–Kier alpha value is -8.59. The maximum absolute atomic E-state index is 16.6. The van der Waals surface area contributed by atoms with Crippen LogP contribution in [-0.4, -0.2) is 92.0 Å². The van der Waals surface area contributed by atoms with Gasteiger partial charge in [-0.15, -0.1) is 0 Å². The van der Waals surface area contributed by atoms with E-state index in [1.54, 1.807) is 97.7 Å². The number of thioether (sulfide) groups is 1. The maximum atomic E-state index is 16.6. The lowest BCUT2D eigenvalue weighted by Crippen LogP contribution is -2.51. The molecule has 0 aliphatic carbocycles. The molecule has 3 heterocycles. The number of hydrogen-bond donors (Lipinski definition) is 7. The zero-order valence-corrected chi connectivity index (χ0v) is 41.9. The van der Waals surface area contributed by atoms with Crippen molar-refractivity contribution in [3.63, 3.8) is 0 Å². The fourth-order valence-electron chi connectivity index (χ4n) is 7.74. The van der Waals surface area contributed by atoms with Gasteiger partial charge in [0, 0.05) is 63.3 Å². The van der Waals surface area contributed by atoms with Crippen LogP contribution in [0.4, 0.5) is 37.8 Å². The lowest BCUT2D eigenvalue weighted by molar-refractivity contribution is -0.126. The molecule has 74 heavy (non-hydrogen) atoms. The van der Waals surface area contributed by atoms with Crippen molar-refractivity contribution >= 4 is 87.5 Å². The van der Waals surface area contributed by atoms with Gasteiger partial charge in [0.2, 0.25) is 23.6 Å². The Morgan fingerprint density at radius 2 is 1.43 bits per heavy atom. The van der Waals surface area contributed by atoms with Gasteiger partial charge in [-0.05, 0) is 115 Å². The van der Waals surface area contributed by atoms with E-state index in [1.165, 1.54) is 40.5 Å². The molecule has 0 saturated carbocycles. The Morgan fingerprint density at radius 3 is 2.08 bits per heavy atom. The zero-order chi connectivity index (χ0) is 53.1. The molecular weight excluding hydrogens is 970 g/mol.